The van der Waals surface area contributed by atoms with E-state index in [1.54, 1.807) is 12.1 Å². The smallest absolute Gasteiger partial charge is 0.312 e. The second-order valence-electron chi connectivity index (χ2n) is 8.61. The lowest BCUT2D eigenvalue weighted by Gasteiger charge is -2.39. The topological polar surface area (TPSA) is 75.8 Å². The number of phenols is 1. The Bertz CT molecular complexity index is 1050. The summed E-state index contributed by atoms with van der Waals surface area (Å²) in [5.41, 5.74) is 3.50. The van der Waals surface area contributed by atoms with Gasteiger partial charge in [-0.2, -0.15) is 0 Å². The minimum atomic E-state index is -0.607. The van der Waals surface area contributed by atoms with Crippen molar-refractivity contribution in [2.45, 2.75) is 39.7 Å². The zero-order valence-electron chi connectivity index (χ0n) is 18.7. The lowest BCUT2D eigenvalue weighted by Crippen LogP contribution is -2.46. The first-order chi connectivity index (χ1) is 15.5. The number of phenolic OH excluding ortho intramolecular Hbond substituents is 1. The molecule has 0 amide bonds. The van der Waals surface area contributed by atoms with E-state index in [-0.39, 0.29) is 11.7 Å². The molecule has 3 aromatic rings. The molecule has 0 radical (unpaired) electrons. The van der Waals surface area contributed by atoms with Gasteiger partial charge in [0.1, 0.15) is 17.2 Å². The molecule has 1 aromatic heterocycles. The predicted molar refractivity (Wildman–Crippen MR) is 122 cm³/mol. The molecule has 4 rings (SSSR count). The summed E-state index contributed by atoms with van der Waals surface area (Å²) in [6.07, 6.45) is 1.88. The van der Waals surface area contributed by atoms with Gasteiger partial charge in [0.25, 0.3) is 0 Å². The molecule has 1 aliphatic heterocycles. The molecule has 1 aliphatic rings. The zero-order valence-corrected chi connectivity index (χ0v) is 18.7. The number of carbonyl (C=O) groups is 1. The van der Waals surface area contributed by atoms with Crippen LogP contribution in [0.4, 0.5) is 0 Å². The van der Waals surface area contributed by atoms with E-state index in [0.29, 0.717) is 31.6 Å². The molecule has 6 nitrogen and oxygen atoms in total. The summed E-state index contributed by atoms with van der Waals surface area (Å²) >= 11 is 0. The van der Waals surface area contributed by atoms with Crippen molar-refractivity contribution in [2.24, 2.45) is 5.41 Å². The summed E-state index contributed by atoms with van der Waals surface area (Å²) in [4.78, 5) is 15.4. The van der Waals surface area contributed by atoms with Crippen LogP contribution in [-0.4, -0.2) is 40.8 Å². The van der Waals surface area contributed by atoms with Crippen molar-refractivity contribution in [1.82, 2.24) is 10.1 Å². The van der Waals surface area contributed by atoms with Crippen molar-refractivity contribution >= 4 is 5.97 Å². The first kappa shape index (κ1) is 22.1. The van der Waals surface area contributed by atoms with Gasteiger partial charge in [-0.25, -0.2) is 0 Å². The molecule has 1 N–H and O–H groups in total. The quantitative estimate of drug-likeness (QED) is 0.541. The number of nitrogens with zero attached hydrogens (tertiary/aromatic N) is 2. The number of carbonyl (C=O) groups excluding carboxylic acids is 1. The average Bonchev–Trinajstić information content (AvgIpc) is 3.25. The number of hydrogen-bond acceptors (Lipinski definition) is 6. The van der Waals surface area contributed by atoms with Crippen LogP contribution in [0.25, 0.3) is 11.3 Å². The highest BCUT2D eigenvalue weighted by molar-refractivity contribution is 5.77. The number of hydrogen-bond donors (Lipinski definition) is 1. The number of aryl methyl sites for hydroxylation is 1. The minimum absolute atomic E-state index is 0.155. The summed E-state index contributed by atoms with van der Waals surface area (Å²) in [6, 6.07) is 17.3. The summed E-state index contributed by atoms with van der Waals surface area (Å²) in [7, 11) is 0. The molecule has 32 heavy (non-hydrogen) atoms. The predicted octanol–water partition coefficient (Wildman–Crippen LogP) is 4.74. The highest BCUT2D eigenvalue weighted by atomic mass is 16.5. The Morgan fingerprint density at radius 2 is 1.88 bits per heavy atom. The third-order valence-corrected chi connectivity index (χ3v) is 6.36. The van der Waals surface area contributed by atoms with Crippen molar-refractivity contribution in [1.29, 1.82) is 0 Å². The summed E-state index contributed by atoms with van der Waals surface area (Å²) < 4.78 is 11.2. The minimum Gasteiger partial charge on any atom is -0.508 e. The molecular formula is C26H30N2O4. The third kappa shape index (κ3) is 4.86. The molecule has 2 heterocycles. The van der Waals surface area contributed by atoms with Crippen LogP contribution in [0.1, 0.15) is 36.7 Å². The summed E-state index contributed by atoms with van der Waals surface area (Å²) in [6.45, 7) is 6.63. The van der Waals surface area contributed by atoms with Gasteiger partial charge >= 0.3 is 5.97 Å². The number of benzene rings is 2. The molecule has 0 atom stereocenters. The van der Waals surface area contributed by atoms with Crippen LogP contribution in [0.3, 0.4) is 0 Å². The van der Waals surface area contributed by atoms with Crippen LogP contribution in [0, 0.1) is 12.3 Å². The Morgan fingerprint density at radius 3 is 2.56 bits per heavy atom. The molecule has 1 fully saturated rings. The van der Waals surface area contributed by atoms with Crippen LogP contribution in [-0.2, 0) is 22.5 Å². The largest absolute Gasteiger partial charge is 0.508 e. The van der Waals surface area contributed by atoms with Gasteiger partial charge in [0.2, 0.25) is 0 Å². The van der Waals surface area contributed by atoms with Gasteiger partial charge in [-0.3, -0.25) is 9.69 Å². The van der Waals surface area contributed by atoms with Crippen molar-refractivity contribution in [2.75, 3.05) is 19.7 Å². The number of piperidine rings is 1. The number of rotatable bonds is 7. The van der Waals surface area contributed by atoms with Gasteiger partial charge < -0.3 is 14.4 Å². The van der Waals surface area contributed by atoms with E-state index in [9.17, 15) is 9.90 Å². The highest BCUT2D eigenvalue weighted by Gasteiger charge is 2.43. The number of esters is 1. The van der Waals surface area contributed by atoms with Gasteiger partial charge in [0.05, 0.1) is 12.0 Å². The number of aromatic hydroxyl groups is 1. The monoisotopic (exact) mass is 434 g/mol. The fraction of sp³-hybridized carbons (Fsp3) is 0.385. The van der Waals surface area contributed by atoms with E-state index >= 15 is 0 Å². The Kier molecular flexibility index (Phi) is 6.61. The van der Waals surface area contributed by atoms with Crippen LogP contribution in [0.5, 0.6) is 5.75 Å². The van der Waals surface area contributed by atoms with Crippen LogP contribution in [0.2, 0.25) is 0 Å². The Hall–Kier alpha value is -3.12. The molecule has 1 saturated heterocycles. The maximum absolute atomic E-state index is 13.0. The molecule has 6 heteroatoms. The standard InChI is InChI=1S/C26H30N2O4/c1-3-31-25(30)26(12-14-28(15-13-26)18-20-8-10-21(29)11-9-20)17-22-16-24(27-32-22)23-7-5-4-6-19(23)2/h4-11,16,29H,3,12-15,17-18H2,1-2H3. The van der Waals surface area contributed by atoms with E-state index in [1.807, 2.05) is 56.3 Å². The van der Waals surface area contributed by atoms with E-state index in [4.69, 9.17) is 9.26 Å². The summed E-state index contributed by atoms with van der Waals surface area (Å²) in [5.74, 6) is 0.826. The second-order valence-corrected chi connectivity index (χ2v) is 8.61. The molecule has 0 saturated carbocycles. The Morgan fingerprint density at radius 1 is 1.16 bits per heavy atom. The SMILES string of the molecule is CCOC(=O)C1(Cc2cc(-c3ccccc3C)no2)CCN(Cc2ccc(O)cc2)CC1. The molecular weight excluding hydrogens is 404 g/mol. The second kappa shape index (κ2) is 9.57. The van der Waals surface area contributed by atoms with Crippen LogP contribution >= 0.6 is 0 Å². The molecule has 168 valence electrons. The van der Waals surface area contributed by atoms with Gasteiger partial charge in [0.15, 0.2) is 0 Å². The van der Waals surface area contributed by atoms with Gasteiger partial charge in [-0.05, 0) is 63.0 Å². The molecule has 0 unspecified atom stereocenters. The molecule has 0 aliphatic carbocycles. The number of likely N-dealkylation sites (tertiary alicyclic amines) is 1. The number of ether oxygens (including phenoxy) is 1. The molecule has 0 bridgehead atoms. The number of aromatic nitrogens is 1. The van der Waals surface area contributed by atoms with E-state index in [1.165, 1.54) is 0 Å². The van der Waals surface area contributed by atoms with E-state index < -0.39 is 5.41 Å². The first-order valence-corrected chi connectivity index (χ1v) is 11.2. The Labute approximate surface area is 188 Å². The lowest BCUT2D eigenvalue weighted by atomic mass is 9.74. The lowest BCUT2D eigenvalue weighted by molar-refractivity contribution is -0.159. The van der Waals surface area contributed by atoms with E-state index in [2.05, 4.69) is 10.1 Å². The highest BCUT2D eigenvalue weighted by Crippen LogP contribution is 2.38. The fourth-order valence-electron chi connectivity index (χ4n) is 4.45. The molecule has 2 aromatic carbocycles. The van der Waals surface area contributed by atoms with Gasteiger partial charge in [-0.15, -0.1) is 0 Å². The van der Waals surface area contributed by atoms with Crippen molar-refractivity contribution < 1.29 is 19.2 Å². The average molecular weight is 435 g/mol. The van der Waals surface area contributed by atoms with E-state index in [0.717, 1.165) is 42.0 Å². The van der Waals surface area contributed by atoms with Crippen molar-refractivity contribution in [3.63, 3.8) is 0 Å². The van der Waals surface area contributed by atoms with Gasteiger partial charge in [0, 0.05) is 24.6 Å². The molecule has 0 spiro atoms. The fourth-order valence-corrected chi connectivity index (χ4v) is 4.45. The van der Waals surface area contributed by atoms with Crippen molar-refractivity contribution in [3.05, 3.63) is 71.5 Å². The Balaban J connectivity index is 1.48. The normalized spacial score (nSPS) is 16.1. The maximum Gasteiger partial charge on any atom is 0.312 e. The first-order valence-electron chi connectivity index (χ1n) is 11.2. The summed E-state index contributed by atoms with van der Waals surface area (Å²) in [5, 5.41) is 13.8. The van der Waals surface area contributed by atoms with Crippen LogP contribution < -0.4 is 0 Å². The van der Waals surface area contributed by atoms with Gasteiger partial charge in [-0.1, -0.05) is 41.6 Å². The maximum atomic E-state index is 13.0. The van der Waals surface area contributed by atoms with Crippen molar-refractivity contribution in [3.8, 4) is 17.0 Å². The zero-order chi connectivity index (χ0) is 22.6. The third-order valence-electron chi connectivity index (χ3n) is 6.36. The van der Waals surface area contributed by atoms with Crippen LogP contribution in [0.15, 0.2) is 59.1 Å².